The number of rotatable bonds is 5. The van der Waals surface area contributed by atoms with Gasteiger partial charge < -0.3 is 18.9 Å². The molecule has 0 amide bonds. The Labute approximate surface area is 207 Å². The molecule has 0 spiro atoms. The molecule has 0 N–H and O–H groups in total. The SMILES string of the molecule is C=C1OCc2c(cc3n(c2=O)Cc2c-3nc3ccccc3c2CCN(C)C)[C@]1(CC)OC(C)(C)C. The first-order valence-electron chi connectivity index (χ1n) is 12.4. The normalized spacial score (nSPS) is 19.0. The van der Waals surface area contributed by atoms with Crippen LogP contribution in [0.4, 0.5) is 0 Å². The van der Waals surface area contributed by atoms with Gasteiger partial charge in [-0.05, 0) is 65.4 Å². The van der Waals surface area contributed by atoms with Crippen molar-refractivity contribution in [2.45, 2.75) is 64.9 Å². The first-order valence-corrected chi connectivity index (χ1v) is 12.4. The van der Waals surface area contributed by atoms with E-state index in [1.54, 1.807) is 0 Å². The summed E-state index contributed by atoms with van der Waals surface area (Å²) in [7, 11) is 4.17. The number of likely N-dealkylation sites (N-methyl/N-ethyl adjacent to an activating group) is 1. The van der Waals surface area contributed by atoms with Gasteiger partial charge in [0.15, 0.2) is 5.60 Å². The van der Waals surface area contributed by atoms with E-state index in [4.69, 9.17) is 14.5 Å². The maximum Gasteiger partial charge on any atom is 0.258 e. The van der Waals surface area contributed by atoms with Gasteiger partial charge in [-0.15, -0.1) is 0 Å². The minimum atomic E-state index is -0.881. The number of pyridine rings is 2. The highest BCUT2D eigenvalue weighted by Gasteiger charge is 2.46. The summed E-state index contributed by atoms with van der Waals surface area (Å²) < 4.78 is 14.5. The van der Waals surface area contributed by atoms with Crippen molar-refractivity contribution in [3.63, 3.8) is 0 Å². The van der Waals surface area contributed by atoms with Gasteiger partial charge in [0.1, 0.15) is 12.4 Å². The predicted molar refractivity (Wildman–Crippen MR) is 140 cm³/mol. The van der Waals surface area contributed by atoms with E-state index in [2.05, 4.69) is 56.8 Å². The Morgan fingerprint density at radius 3 is 2.66 bits per heavy atom. The topological polar surface area (TPSA) is 56.6 Å². The van der Waals surface area contributed by atoms with E-state index >= 15 is 0 Å². The van der Waals surface area contributed by atoms with Gasteiger partial charge in [0.05, 0.1) is 34.6 Å². The Bertz CT molecular complexity index is 1400. The minimum Gasteiger partial charge on any atom is -0.490 e. The summed E-state index contributed by atoms with van der Waals surface area (Å²) in [5.41, 5.74) is 5.28. The number of benzene rings is 1. The van der Waals surface area contributed by atoms with Crippen molar-refractivity contribution < 1.29 is 9.47 Å². The smallest absolute Gasteiger partial charge is 0.258 e. The van der Waals surface area contributed by atoms with Crippen molar-refractivity contribution >= 4 is 10.9 Å². The molecule has 5 rings (SSSR count). The molecule has 3 aromatic rings. The number of ether oxygens (including phenoxy) is 2. The number of aromatic nitrogens is 2. The number of hydrogen-bond acceptors (Lipinski definition) is 5. The van der Waals surface area contributed by atoms with Crippen LogP contribution in [0.15, 0.2) is 47.5 Å². The fourth-order valence-electron chi connectivity index (χ4n) is 5.54. The maximum absolute atomic E-state index is 13.9. The average Bonchev–Trinajstić information content (AvgIpc) is 3.16. The molecule has 0 radical (unpaired) electrons. The second-order valence-electron chi connectivity index (χ2n) is 10.9. The molecule has 0 bridgehead atoms. The van der Waals surface area contributed by atoms with Gasteiger partial charge in [-0.2, -0.15) is 0 Å². The summed E-state index contributed by atoms with van der Waals surface area (Å²) in [5.74, 6) is 0.558. The number of fused-ring (bicyclic) bond motifs is 5. The van der Waals surface area contributed by atoms with Gasteiger partial charge in [-0.1, -0.05) is 31.7 Å². The standard InChI is InChI=1S/C29H35N3O3/c1-8-29(35-28(3,4)5)18(2)34-17-22-23(29)15-25-26-21(16-32(25)27(22)33)19(13-14-31(6)7)20-11-9-10-12-24(20)30-26/h9-12,15H,2,8,13-14,16-17H2,1,3-7H3/t29-/m1/s1. The highest BCUT2D eigenvalue weighted by atomic mass is 16.6. The highest BCUT2D eigenvalue weighted by Crippen LogP contribution is 2.46. The van der Waals surface area contributed by atoms with Crippen LogP contribution in [-0.4, -0.2) is 40.7 Å². The number of nitrogens with zero attached hydrogens (tertiary/aromatic N) is 3. The fourth-order valence-corrected chi connectivity index (χ4v) is 5.54. The van der Waals surface area contributed by atoms with Gasteiger partial charge in [0.25, 0.3) is 5.56 Å². The summed E-state index contributed by atoms with van der Waals surface area (Å²) >= 11 is 0. The summed E-state index contributed by atoms with van der Waals surface area (Å²) in [5, 5.41) is 1.16. The van der Waals surface area contributed by atoms with Crippen LogP contribution in [0, 0.1) is 0 Å². The lowest BCUT2D eigenvalue weighted by Crippen LogP contribution is -2.44. The van der Waals surface area contributed by atoms with Crippen molar-refractivity contribution in [2.24, 2.45) is 0 Å². The molecule has 2 aliphatic rings. The Kier molecular flexibility index (Phi) is 5.65. The molecule has 184 valence electrons. The van der Waals surface area contributed by atoms with Gasteiger partial charge in [0, 0.05) is 23.1 Å². The largest absolute Gasteiger partial charge is 0.490 e. The summed E-state index contributed by atoms with van der Waals surface area (Å²) in [6.07, 6.45) is 1.51. The maximum atomic E-state index is 13.9. The van der Waals surface area contributed by atoms with Gasteiger partial charge in [-0.25, -0.2) is 4.98 Å². The third kappa shape index (κ3) is 3.80. The number of hydrogen-bond donors (Lipinski definition) is 0. The monoisotopic (exact) mass is 473 g/mol. The molecule has 0 fully saturated rings. The lowest BCUT2D eigenvalue weighted by Gasteiger charge is -2.43. The number of para-hydroxylation sites is 1. The van der Waals surface area contributed by atoms with E-state index in [0.29, 0.717) is 24.3 Å². The second-order valence-corrected chi connectivity index (χ2v) is 10.9. The van der Waals surface area contributed by atoms with E-state index in [1.807, 2.05) is 31.4 Å². The molecule has 6 heteroatoms. The van der Waals surface area contributed by atoms with Gasteiger partial charge in [-0.3, -0.25) is 4.79 Å². The molecule has 4 heterocycles. The van der Waals surface area contributed by atoms with E-state index in [0.717, 1.165) is 46.4 Å². The van der Waals surface area contributed by atoms with E-state index in [1.165, 1.54) is 5.56 Å². The first-order chi connectivity index (χ1) is 16.6. The summed E-state index contributed by atoms with van der Waals surface area (Å²) in [6, 6.07) is 10.4. The zero-order chi connectivity index (χ0) is 25.1. The van der Waals surface area contributed by atoms with Crippen LogP contribution >= 0.6 is 0 Å². The molecule has 0 saturated carbocycles. The molecular weight excluding hydrogens is 438 g/mol. The summed E-state index contributed by atoms with van der Waals surface area (Å²) in [4.78, 5) is 21.1. The van der Waals surface area contributed by atoms with E-state index in [-0.39, 0.29) is 12.2 Å². The van der Waals surface area contributed by atoms with Crippen LogP contribution < -0.4 is 5.56 Å². The molecule has 1 atom stereocenters. The Morgan fingerprint density at radius 1 is 1.23 bits per heavy atom. The minimum absolute atomic E-state index is 0.0269. The van der Waals surface area contributed by atoms with Crippen molar-refractivity contribution in [1.82, 2.24) is 14.5 Å². The molecule has 2 aliphatic heterocycles. The summed E-state index contributed by atoms with van der Waals surface area (Å²) in [6.45, 7) is 14.0. The van der Waals surface area contributed by atoms with Crippen LogP contribution in [0.5, 0.6) is 0 Å². The molecule has 0 unspecified atom stereocenters. The average molecular weight is 474 g/mol. The van der Waals surface area contributed by atoms with Crippen LogP contribution in [0.1, 0.15) is 56.4 Å². The van der Waals surface area contributed by atoms with Crippen molar-refractivity contribution in [2.75, 3.05) is 20.6 Å². The Morgan fingerprint density at radius 2 is 1.97 bits per heavy atom. The molecule has 1 aromatic carbocycles. The van der Waals surface area contributed by atoms with Crippen molar-refractivity contribution in [3.05, 3.63) is 75.3 Å². The van der Waals surface area contributed by atoms with Gasteiger partial charge >= 0.3 is 0 Å². The quantitative estimate of drug-likeness (QED) is 0.409. The van der Waals surface area contributed by atoms with Gasteiger partial charge in [0.2, 0.25) is 0 Å². The molecule has 0 saturated heterocycles. The Hall–Kier alpha value is -2.96. The molecule has 35 heavy (non-hydrogen) atoms. The van der Waals surface area contributed by atoms with Crippen molar-refractivity contribution in [1.29, 1.82) is 0 Å². The lowest BCUT2D eigenvalue weighted by molar-refractivity contribution is -0.149. The van der Waals surface area contributed by atoms with E-state index < -0.39 is 11.2 Å². The predicted octanol–water partition coefficient (Wildman–Crippen LogP) is 4.99. The Balaban J connectivity index is 1.77. The third-order valence-corrected chi connectivity index (χ3v) is 7.13. The highest BCUT2D eigenvalue weighted by molar-refractivity contribution is 5.88. The molecule has 0 aliphatic carbocycles. The van der Waals surface area contributed by atoms with Crippen LogP contribution in [0.25, 0.3) is 22.3 Å². The van der Waals surface area contributed by atoms with Crippen molar-refractivity contribution in [3.8, 4) is 11.4 Å². The molecular formula is C29H35N3O3. The zero-order valence-corrected chi connectivity index (χ0v) is 21.7. The van der Waals surface area contributed by atoms with E-state index in [9.17, 15) is 4.79 Å². The molecule has 6 nitrogen and oxygen atoms in total. The zero-order valence-electron chi connectivity index (χ0n) is 21.7. The lowest BCUT2D eigenvalue weighted by atomic mass is 9.83. The second kappa shape index (κ2) is 8.32. The third-order valence-electron chi connectivity index (χ3n) is 7.13. The first kappa shape index (κ1) is 23.8. The van der Waals surface area contributed by atoms with Crippen LogP contribution in [0.3, 0.4) is 0 Å². The fraction of sp³-hybridized carbons (Fsp3) is 0.448. The molecule has 2 aromatic heterocycles. The van der Waals surface area contributed by atoms with Crippen LogP contribution in [0.2, 0.25) is 0 Å². The van der Waals surface area contributed by atoms with Crippen LogP contribution in [-0.2, 0) is 34.6 Å².